The first-order valence-electron chi connectivity index (χ1n) is 8.08. The third-order valence-corrected chi connectivity index (χ3v) is 6.76. The van der Waals surface area contributed by atoms with Gasteiger partial charge < -0.3 is 5.32 Å². The topological polar surface area (TPSA) is 75.3 Å². The average Bonchev–Trinajstić information content (AvgIpc) is 2.73. The Kier molecular flexibility index (Phi) is 5.06. The standard InChI is InChI=1S/C18H20N2O3S2/c1-3-13-5-4-6-14(9-13)20-25(22,23)15-7-8-17-16(10-15)19-18(21)12(2)11-24-17/h4-10,12,20H,3,11H2,1-2H3,(H,19,21)/t12-/m1/s1. The van der Waals surface area contributed by atoms with E-state index < -0.39 is 10.0 Å². The van der Waals surface area contributed by atoms with Gasteiger partial charge in [-0.15, -0.1) is 11.8 Å². The van der Waals surface area contributed by atoms with Gasteiger partial charge in [0, 0.05) is 22.3 Å². The van der Waals surface area contributed by atoms with Gasteiger partial charge in [0.25, 0.3) is 10.0 Å². The van der Waals surface area contributed by atoms with Gasteiger partial charge in [-0.3, -0.25) is 9.52 Å². The molecule has 7 heteroatoms. The number of aryl methyl sites for hydroxylation is 1. The first kappa shape index (κ1) is 17.8. The zero-order valence-corrected chi connectivity index (χ0v) is 15.7. The fourth-order valence-corrected chi connectivity index (χ4v) is 4.60. The van der Waals surface area contributed by atoms with E-state index in [2.05, 4.69) is 10.0 Å². The summed E-state index contributed by atoms with van der Waals surface area (Å²) in [7, 11) is -3.73. The van der Waals surface area contributed by atoms with Crippen molar-refractivity contribution in [1.29, 1.82) is 0 Å². The number of amides is 1. The molecule has 1 atom stereocenters. The molecule has 2 aromatic rings. The summed E-state index contributed by atoms with van der Waals surface area (Å²) >= 11 is 1.55. The van der Waals surface area contributed by atoms with Crippen LogP contribution in [-0.4, -0.2) is 20.1 Å². The Labute approximate surface area is 152 Å². The van der Waals surface area contributed by atoms with Crippen LogP contribution in [-0.2, 0) is 21.2 Å². The predicted octanol–water partition coefficient (Wildman–Crippen LogP) is 3.73. The summed E-state index contributed by atoms with van der Waals surface area (Å²) in [5.74, 6) is 0.462. The minimum Gasteiger partial charge on any atom is -0.325 e. The minimum absolute atomic E-state index is 0.0931. The summed E-state index contributed by atoms with van der Waals surface area (Å²) in [6.45, 7) is 3.87. The molecule has 2 aromatic carbocycles. The molecule has 1 aliphatic heterocycles. The van der Waals surface area contributed by atoms with Gasteiger partial charge in [0.15, 0.2) is 0 Å². The number of nitrogens with one attached hydrogen (secondary N) is 2. The maximum atomic E-state index is 12.7. The second kappa shape index (κ2) is 7.09. The van der Waals surface area contributed by atoms with Crippen LogP contribution >= 0.6 is 11.8 Å². The van der Waals surface area contributed by atoms with Crippen LogP contribution in [0.3, 0.4) is 0 Å². The van der Waals surface area contributed by atoms with E-state index in [1.165, 1.54) is 6.07 Å². The summed E-state index contributed by atoms with van der Waals surface area (Å²) in [4.78, 5) is 13.0. The largest absolute Gasteiger partial charge is 0.325 e. The Hall–Kier alpha value is -1.99. The molecule has 0 aliphatic carbocycles. The lowest BCUT2D eigenvalue weighted by molar-refractivity contribution is -0.118. The highest BCUT2D eigenvalue weighted by Crippen LogP contribution is 2.34. The van der Waals surface area contributed by atoms with Crippen LogP contribution in [0.2, 0.25) is 0 Å². The number of carbonyl (C=O) groups excluding carboxylic acids is 1. The van der Waals surface area contributed by atoms with E-state index in [1.54, 1.807) is 30.0 Å². The maximum Gasteiger partial charge on any atom is 0.261 e. The number of anilines is 2. The van der Waals surface area contributed by atoms with Crippen LogP contribution in [0, 0.1) is 5.92 Å². The predicted molar refractivity (Wildman–Crippen MR) is 102 cm³/mol. The Morgan fingerprint density at radius 3 is 2.80 bits per heavy atom. The summed E-state index contributed by atoms with van der Waals surface area (Å²) in [6.07, 6.45) is 0.829. The number of benzene rings is 2. The molecule has 0 saturated heterocycles. The van der Waals surface area contributed by atoms with Gasteiger partial charge in [-0.1, -0.05) is 26.0 Å². The number of hydrogen-bond acceptors (Lipinski definition) is 4. The van der Waals surface area contributed by atoms with Crippen LogP contribution in [0.1, 0.15) is 19.4 Å². The Morgan fingerprint density at radius 2 is 2.04 bits per heavy atom. The summed E-state index contributed by atoms with van der Waals surface area (Å²) in [5.41, 5.74) is 2.13. The van der Waals surface area contributed by atoms with Crippen molar-refractivity contribution in [1.82, 2.24) is 0 Å². The fraction of sp³-hybridized carbons (Fsp3) is 0.278. The summed E-state index contributed by atoms with van der Waals surface area (Å²) in [6, 6.07) is 12.2. The van der Waals surface area contributed by atoms with E-state index in [9.17, 15) is 13.2 Å². The first-order chi connectivity index (χ1) is 11.9. The third kappa shape index (κ3) is 3.99. The smallest absolute Gasteiger partial charge is 0.261 e. The van der Waals surface area contributed by atoms with Crippen LogP contribution in [0.5, 0.6) is 0 Å². The summed E-state index contributed by atoms with van der Waals surface area (Å²) < 4.78 is 28.0. The number of rotatable bonds is 4. The van der Waals surface area contributed by atoms with Crippen molar-refractivity contribution in [2.24, 2.45) is 5.92 Å². The number of hydrogen-bond donors (Lipinski definition) is 2. The maximum absolute atomic E-state index is 12.7. The van der Waals surface area contributed by atoms with Crippen molar-refractivity contribution < 1.29 is 13.2 Å². The van der Waals surface area contributed by atoms with E-state index >= 15 is 0 Å². The van der Waals surface area contributed by atoms with E-state index in [1.807, 2.05) is 32.0 Å². The number of sulfonamides is 1. The van der Waals surface area contributed by atoms with Gasteiger partial charge >= 0.3 is 0 Å². The molecule has 2 N–H and O–H groups in total. The van der Waals surface area contributed by atoms with Crippen molar-refractivity contribution in [3.63, 3.8) is 0 Å². The van der Waals surface area contributed by atoms with Gasteiger partial charge in [-0.05, 0) is 42.3 Å². The van der Waals surface area contributed by atoms with E-state index in [0.717, 1.165) is 16.9 Å². The van der Waals surface area contributed by atoms with E-state index in [4.69, 9.17) is 0 Å². The zero-order valence-electron chi connectivity index (χ0n) is 14.1. The van der Waals surface area contributed by atoms with Gasteiger partial charge in [0.05, 0.1) is 10.6 Å². The lowest BCUT2D eigenvalue weighted by atomic mass is 10.1. The molecule has 0 fully saturated rings. The quantitative estimate of drug-likeness (QED) is 0.853. The monoisotopic (exact) mass is 376 g/mol. The van der Waals surface area contributed by atoms with Gasteiger partial charge in [-0.2, -0.15) is 0 Å². The molecular formula is C18H20N2O3S2. The Bertz CT molecular complexity index is 910. The molecule has 1 amide bonds. The second-order valence-corrected chi connectivity index (χ2v) is 8.76. The highest BCUT2D eigenvalue weighted by Gasteiger charge is 2.23. The molecular weight excluding hydrogens is 356 g/mol. The molecule has 0 bridgehead atoms. The fourth-order valence-electron chi connectivity index (χ4n) is 2.52. The average molecular weight is 377 g/mol. The zero-order chi connectivity index (χ0) is 18.0. The lowest BCUT2D eigenvalue weighted by Crippen LogP contribution is -2.20. The Balaban J connectivity index is 1.90. The van der Waals surface area contributed by atoms with Crippen molar-refractivity contribution >= 4 is 39.1 Å². The van der Waals surface area contributed by atoms with E-state index in [0.29, 0.717) is 17.1 Å². The molecule has 0 unspecified atom stereocenters. The second-order valence-electron chi connectivity index (χ2n) is 6.02. The molecule has 0 aromatic heterocycles. The van der Waals surface area contributed by atoms with Crippen molar-refractivity contribution in [2.75, 3.05) is 15.8 Å². The van der Waals surface area contributed by atoms with Crippen molar-refractivity contribution in [3.05, 3.63) is 48.0 Å². The molecule has 0 radical (unpaired) electrons. The lowest BCUT2D eigenvalue weighted by Gasteiger charge is -2.12. The highest BCUT2D eigenvalue weighted by atomic mass is 32.2. The molecule has 3 rings (SSSR count). The number of carbonyl (C=O) groups is 1. The molecule has 1 heterocycles. The summed E-state index contributed by atoms with van der Waals surface area (Å²) in [5, 5.41) is 2.81. The Morgan fingerprint density at radius 1 is 1.24 bits per heavy atom. The van der Waals surface area contributed by atoms with Gasteiger partial charge in [0.2, 0.25) is 5.91 Å². The van der Waals surface area contributed by atoms with E-state index in [-0.39, 0.29) is 16.7 Å². The van der Waals surface area contributed by atoms with Gasteiger partial charge in [-0.25, -0.2) is 8.42 Å². The van der Waals surface area contributed by atoms with Crippen molar-refractivity contribution in [3.8, 4) is 0 Å². The first-order valence-corrected chi connectivity index (χ1v) is 10.6. The normalized spacial score (nSPS) is 17.4. The molecule has 25 heavy (non-hydrogen) atoms. The number of fused-ring (bicyclic) bond motifs is 1. The number of thioether (sulfide) groups is 1. The third-order valence-electron chi connectivity index (χ3n) is 4.04. The molecule has 0 saturated carbocycles. The van der Waals surface area contributed by atoms with Crippen molar-refractivity contribution in [2.45, 2.75) is 30.1 Å². The highest BCUT2D eigenvalue weighted by molar-refractivity contribution is 7.99. The van der Waals surface area contributed by atoms with Crippen LogP contribution in [0.25, 0.3) is 0 Å². The SMILES string of the molecule is CCc1cccc(NS(=O)(=O)c2ccc3c(c2)NC(=O)[C@H](C)CS3)c1. The molecule has 5 nitrogen and oxygen atoms in total. The van der Waals surface area contributed by atoms with Crippen LogP contribution in [0.4, 0.5) is 11.4 Å². The molecule has 132 valence electrons. The molecule has 0 spiro atoms. The van der Waals surface area contributed by atoms with Crippen LogP contribution < -0.4 is 10.0 Å². The minimum atomic E-state index is -3.73. The van der Waals surface area contributed by atoms with Gasteiger partial charge in [0.1, 0.15) is 0 Å². The molecule has 1 aliphatic rings. The van der Waals surface area contributed by atoms with Crippen LogP contribution in [0.15, 0.2) is 52.3 Å².